The number of hydrogen-bond acceptors (Lipinski definition) is 6. The Bertz CT molecular complexity index is 1150. The van der Waals surface area contributed by atoms with Gasteiger partial charge in [-0.1, -0.05) is 0 Å². The number of rotatable bonds is 4. The van der Waals surface area contributed by atoms with Crippen LogP contribution in [-0.4, -0.2) is 59.7 Å². The largest absolute Gasteiger partial charge is 0.467 e. The zero-order valence-electron chi connectivity index (χ0n) is 16.7. The Hall–Kier alpha value is -3.37. The Morgan fingerprint density at radius 3 is 2.62 bits per heavy atom. The maximum absolute atomic E-state index is 13.4. The smallest absolute Gasteiger partial charge is 0.422 e. The molecule has 1 aromatic carbocycles. The van der Waals surface area contributed by atoms with Crippen LogP contribution < -0.4 is 9.64 Å². The van der Waals surface area contributed by atoms with E-state index in [1.54, 1.807) is 4.90 Å². The molecule has 32 heavy (non-hydrogen) atoms. The minimum Gasteiger partial charge on any atom is -0.467 e. The molecule has 2 unspecified atom stereocenters. The minimum absolute atomic E-state index is 0.00885. The number of halogens is 4. The first-order valence-electron chi connectivity index (χ1n) is 10.0. The van der Waals surface area contributed by atoms with Gasteiger partial charge in [0.1, 0.15) is 16.9 Å². The third-order valence-corrected chi connectivity index (χ3v) is 5.76. The van der Waals surface area contributed by atoms with E-state index in [1.807, 2.05) is 4.90 Å². The number of anilines is 1. The first kappa shape index (κ1) is 20.5. The molecular formula is C21H18F4N4O3. The van der Waals surface area contributed by atoms with Crippen LogP contribution >= 0.6 is 0 Å². The van der Waals surface area contributed by atoms with Gasteiger partial charge in [-0.25, -0.2) is 9.37 Å². The summed E-state index contributed by atoms with van der Waals surface area (Å²) in [5.74, 6) is -0.816. The van der Waals surface area contributed by atoms with Crippen LogP contribution in [0.25, 0.3) is 11.1 Å². The predicted molar refractivity (Wildman–Crippen MR) is 105 cm³/mol. The van der Waals surface area contributed by atoms with Crippen LogP contribution in [0.3, 0.4) is 0 Å². The third kappa shape index (κ3) is 3.94. The summed E-state index contributed by atoms with van der Waals surface area (Å²) in [4.78, 5) is 24.7. The van der Waals surface area contributed by atoms with Gasteiger partial charge in [0.15, 0.2) is 12.2 Å². The fraction of sp³-hybridized carbons (Fsp3) is 0.381. The standard InChI is InChI=1S/C21H18F4N4O3/c22-14-3-4-17-16(6-14)27-20(32-17)29-9-12-7-28(8-13(12)10-29)19(30)15-2-1-5-26-18(15)31-11-21(23,24)25/h1-6,12-13H,7-11H2. The molecule has 7 nitrogen and oxygen atoms in total. The van der Waals surface area contributed by atoms with E-state index in [9.17, 15) is 22.4 Å². The van der Waals surface area contributed by atoms with Crippen LogP contribution in [0.2, 0.25) is 0 Å². The number of amides is 1. The SMILES string of the molecule is O=C(c1cccnc1OCC(F)(F)F)N1CC2CN(c3nc4cc(F)ccc4o3)CC2C1. The molecule has 2 fully saturated rings. The van der Waals surface area contributed by atoms with E-state index < -0.39 is 24.5 Å². The number of nitrogens with zero attached hydrogens (tertiary/aromatic N) is 4. The van der Waals surface area contributed by atoms with E-state index in [0.717, 1.165) is 0 Å². The van der Waals surface area contributed by atoms with Crippen molar-refractivity contribution in [2.24, 2.45) is 11.8 Å². The van der Waals surface area contributed by atoms with Crippen LogP contribution in [0, 0.1) is 17.7 Å². The fourth-order valence-electron chi connectivity index (χ4n) is 4.33. The Balaban J connectivity index is 1.26. The van der Waals surface area contributed by atoms with Gasteiger partial charge in [0.25, 0.3) is 11.9 Å². The molecule has 11 heteroatoms. The van der Waals surface area contributed by atoms with Gasteiger partial charge in [0.05, 0.1) is 0 Å². The van der Waals surface area contributed by atoms with Crippen molar-refractivity contribution in [3.63, 3.8) is 0 Å². The summed E-state index contributed by atoms with van der Waals surface area (Å²) < 4.78 is 61.4. The van der Waals surface area contributed by atoms with Crippen molar-refractivity contribution >= 4 is 23.0 Å². The van der Waals surface area contributed by atoms with Crippen molar-refractivity contribution in [3.05, 3.63) is 47.9 Å². The molecule has 0 saturated carbocycles. The summed E-state index contributed by atoms with van der Waals surface area (Å²) in [5.41, 5.74) is 0.949. The first-order valence-corrected chi connectivity index (χ1v) is 10.0. The average Bonchev–Trinajstić information content (AvgIpc) is 3.43. The number of aromatic nitrogens is 2. The van der Waals surface area contributed by atoms with Gasteiger partial charge in [-0.15, -0.1) is 0 Å². The maximum atomic E-state index is 13.4. The van der Waals surface area contributed by atoms with E-state index >= 15 is 0 Å². The zero-order valence-corrected chi connectivity index (χ0v) is 16.7. The highest BCUT2D eigenvalue weighted by Crippen LogP contribution is 2.36. The Morgan fingerprint density at radius 1 is 1.16 bits per heavy atom. The Morgan fingerprint density at radius 2 is 1.91 bits per heavy atom. The van der Waals surface area contributed by atoms with Gasteiger partial charge in [-0.05, 0) is 24.3 Å². The monoisotopic (exact) mass is 450 g/mol. The van der Waals surface area contributed by atoms with Gasteiger partial charge >= 0.3 is 6.18 Å². The van der Waals surface area contributed by atoms with Crippen molar-refractivity contribution in [1.29, 1.82) is 0 Å². The molecule has 1 amide bonds. The van der Waals surface area contributed by atoms with Crippen LogP contribution in [-0.2, 0) is 0 Å². The topological polar surface area (TPSA) is 71.7 Å². The highest BCUT2D eigenvalue weighted by molar-refractivity contribution is 5.96. The number of oxazole rings is 1. The van der Waals surface area contributed by atoms with Gasteiger partial charge in [0, 0.05) is 50.3 Å². The normalized spacial score (nSPS) is 20.8. The lowest BCUT2D eigenvalue weighted by Gasteiger charge is -2.21. The van der Waals surface area contributed by atoms with Crippen LogP contribution in [0.15, 0.2) is 40.9 Å². The molecule has 0 bridgehead atoms. The highest BCUT2D eigenvalue weighted by Gasteiger charge is 2.43. The minimum atomic E-state index is -4.53. The van der Waals surface area contributed by atoms with Gasteiger partial charge in [0.2, 0.25) is 5.88 Å². The second kappa shape index (κ2) is 7.64. The van der Waals surface area contributed by atoms with Crippen molar-refractivity contribution in [3.8, 4) is 5.88 Å². The lowest BCUT2D eigenvalue weighted by molar-refractivity contribution is -0.154. The molecule has 5 rings (SSSR count). The Kier molecular flexibility index (Phi) is 4.90. The summed E-state index contributed by atoms with van der Waals surface area (Å²) in [6, 6.07) is 7.47. The second-order valence-corrected chi connectivity index (χ2v) is 8.00. The number of likely N-dealkylation sites (tertiary alicyclic amines) is 1. The third-order valence-electron chi connectivity index (χ3n) is 5.76. The fourth-order valence-corrected chi connectivity index (χ4v) is 4.33. The summed E-state index contributed by atoms with van der Waals surface area (Å²) in [7, 11) is 0. The summed E-state index contributed by atoms with van der Waals surface area (Å²) >= 11 is 0. The molecule has 2 atom stereocenters. The molecule has 0 radical (unpaired) electrons. The van der Waals surface area contributed by atoms with Crippen LogP contribution in [0.4, 0.5) is 23.6 Å². The second-order valence-electron chi connectivity index (χ2n) is 8.00. The molecule has 0 N–H and O–H groups in total. The number of pyridine rings is 1. The lowest BCUT2D eigenvalue weighted by Crippen LogP contribution is -2.34. The molecule has 2 aliphatic heterocycles. The zero-order chi connectivity index (χ0) is 22.5. The number of fused-ring (bicyclic) bond motifs is 2. The molecule has 2 saturated heterocycles. The molecule has 2 aromatic heterocycles. The number of carbonyl (C=O) groups is 1. The maximum Gasteiger partial charge on any atom is 0.422 e. The van der Waals surface area contributed by atoms with E-state index in [2.05, 4.69) is 9.97 Å². The highest BCUT2D eigenvalue weighted by atomic mass is 19.4. The molecule has 3 aromatic rings. The van der Waals surface area contributed by atoms with Crippen molar-refractivity contribution in [1.82, 2.24) is 14.9 Å². The van der Waals surface area contributed by atoms with E-state index in [4.69, 9.17) is 9.15 Å². The van der Waals surface area contributed by atoms with Crippen molar-refractivity contribution < 1.29 is 31.5 Å². The van der Waals surface area contributed by atoms with Gasteiger partial charge in [-0.3, -0.25) is 4.79 Å². The lowest BCUT2D eigenvalue weighted by atomic mass is 10.0. The van der Waals surface area contributed by atoms with E-state index in [1.165, 1.54) is 36.5 Å². The van der Waals surface area contributed by atoms with Gasteiger partial charge in [-0.2, -0.15) is 18.2 Å². The van der Waals surface area contributed by atoms with Crippen molar-refractivity contribution in [2.45, 2.75) is 6.18 Å². The first-order chi connectivity index (χ1) is 15.3. The van der Waals surface area contributed by atoms with E-state index in [-0.39, 0.29) is 23.3 Å². The Labute approximate surface area is 179 Å². The quantitative estimate of drug-likeness (QED) is 0.567. The summed E-state index contributed by atoms with van der Waals surface area (Å²) in [6.45, 7) is 0.590. The van der Waals surface area contributed by atoms with Gasteiger partial charge < -0.3 is 19.0 Å². The number of alkyl halides is 3. The van der Waals surface area contributed by atoms with Crippen LogP contribution in [0.1, 0.15) is 10.4 Å². The number of benzene rings is 1. The molecular weight excluding hydrogens is 432 g/mol. The number of hydrogen-bond donors (Lipinski definition) is 0. The summed E-state index contributed by atoms with van der Waals surface area (Å²) in [5, 5.41) is 0. The molecule has 168 valence electrons. The number of ether oxygens (including phenoxy) is 1. The molecule has 0 spiro atoms. The van der Waals surface area contributed by atoms with Crippen LogP contribution in [0.5, 0.6) is 5.88 Å². The van der Waals surface area contributed by atoms with Crippen molar-refractivity contribution in [2.75, 3.05) is 37.7 Å². The molecule has 0 aliphatic carbocycles. The molecule has 2 aliphatic rings. The van der Waals surface area contributed by atoms with E-state index in [0.29, 0.717) is 43.3 Å². The predicted octanol–water partition coefficient (Wildman–Crippen LogP) is 3.51. The molecule has 4 heterocycles. The summed E-state index contributed by atoms with van der Waals surface area (Å²) in [6.07, 6.45) is -3.24. The number of carbonyl (C=O) groups excluding carboxylic acids is 1. The average molecular weight is 450 g/mol.